The summed E-state index contributed by atoms with van der Waals surface area (Å²) in [5, 5.41) is 8.82. The molecule has 0 amide bonds. The normalized spacial score (nSPS) is 18.2. The Morgan fingerprint density at radius 1 is 1.25 bits per heavy atom. The summed E-state index contributed by atoms with van der Waals surface area (Å²) in [6.07, 6.45) is 2.02. The van der Waals surface area contributed by atoms with Crippen LogP contribution in [0.2, 0.25) is 0 Å². The second-order valence-electron chi connectivity index (χ2n) is 4.24. The molecule has 0 N–H and O–H groups in total. The third-order valence-electron chi connectivity index (χ3n) is 2.89. The van der Waals surface area contributed by atoms with E-state index in [4.69, 9.17) is 5.26 Å². The van der Waals surface area contributed by atoms with Crippen LogP contribution >= 0.6 is 11.9 Å². The molecule has 1 aromatic carbocycles. The Kier molecular flexibility index (Phi) is 3.87. The highest BCUT2D eigenvalue weighted by atomic mass is 32.2. The summed E-state index contributed by atoms with van der Waals surface area (Å²) in [5.74, 6) is 0.273. The van der Waals surface area contributed by atoms with Gasteiger partial charge in [-0.1, -0.05) is 17.7 Å². The average Bonchev–Trinajstić information content (AvgIpc) is 2.33. The predicted molar refractivity (Wildman–Crippen MR) is 66.9 cm³/mol. The Hall–Kier alpha value is -0.980. The molecule has 0 spiro atoms. The van der Waals surface area contributed by atoms with Crippen molar-refractivity contribution in [3.05, 3.63) is 29.8 Å². The Labute approximate surface area is 101 Å². The van der Waals surface area contributed by atoms with Gasteiger partial charge in [-0.3, -0.25) is 0 Å². The molecule has 84 valence electrons. The molecule has 1 aromatic rings. The zero-order chi connectivity index (χ0) is 11.4. The van der Waals surface area contributed by atoms with Crippen LogP contribution in [0.1, 0.15) is 18.4 Å². The van der Waals surface area contributed by atoms with Gasteiger partial charge in [-0.2, -0.15) is 5.26 Å². The van der Waals surface area contributed by atoms with Crippen LogP contribution in [0.5, 0.6) is 0 Å². The van der Waals surface area contributed by atoms with E-state index in [0.29, 0.717) is 0 Å². The van der Waals surface area contributed by atoms with E-state index in [2.05, 4.69) is 41.6 Å². The van der Waals surface area contributed by atoms with Gasteiger partial charge in [-0.25, -0.2) is 4.31 Å². The van der Waals surface area contributed by atoms with Crippen LogP contribution in [0.4, 0.5) is 0 Å². The van der Waals surface area contributed by atoms with Crippen LogP contribution in [0.15, 0.2) is 29.2 Å². The van der Waals surface area contributed by atoms with Crippen LogP contribution in [0.3, 0.4) is 0 Å². The number of nitrogens with zero attached hydrogens (tertiary/aromatic N) is 2. The summed E-state index contributed by atoms with van der Waals surface area (Å²) in [7, 11) is 0. The van der Waals surface area contributed by atoms with E-state index in [1.165, 1.54) is 10.5 Å². The molecule has 0 radical (unpaired) electrons. The van der Waals surface area contributed by atoms with Gasteiger partial charge in [-0.15, -0.1) is 0 Å². The van der Waals surface area contributed by atoms with E-state index in [0.717, 1.165) is 25.9 Å². The van der Waals surface area contributed by atoms with Crippen LogP contribution in [-0.2, 0) is 0 Å². The summed E-state index contributed by atoms with van der Waals surface area (Å²) in [4.78, 5) is 1.29. The first-order valence-corrected chi connectivity index (χ1v) is 6.44. The second-order valence-corrected chi connectivity index (χ2v) is 5.41. The minimum Gasteiger partial charge on any atom is -0.246 e. The smallest absolute Gasteiger partial charge is 0.0656 e. The van der Waals surface area contributed by atoms with Crippen LogP contribution in [-0.4, -0.2) is 17.4 Å². The Balaban J connectivity index is 1.87. The third kappa shape index (κ3) is 3.01. The molecule has 1 aliphatic rings. The van der Waals surface area contributed by atoms with Crippen molar-refractivity contribution in [3.63, 3.8) is 0 Å². The number of nitriles is 1. The van der Waals surface area contributed by atoms with Crippen LogP contribution in [0, 0.1) is 24.2 Å². The van der Waals surface area contributed by atoms with Crippen molar-refractivity contribution in [1.29, 1.82) is 5.26 Å². The number of aryl methyl sites for hydroxylation is 1. The van der Waals surface area contributed by atoms with E-state index >= 15 is 0 Å². The molecule has 0 bridgehead atoms. The van der Waals surface area contributed by atoms with Crippen molar-refractivity contribution < 1.29 is 0 Å². The highest BCUT2D eigenvalue weighted by Gasteiger charge is 2.19. The SMILES string of the molecule is Cc1ccc(SN2CCC(C#N)CC2)cc1. The van der Waals surface area contributed by atoms with Crippen molar-refractivity contribution in [1.82, 2.24) is 4.31 Å². The quantitative estimate of drug-likeness (QED) is 0.732. The first-order valence-electron chi connectivity index (χ1n) is 5.67. The molecule has 3 heteroatoms. The van der Waals surface area contributed by atoms with E-state index in [1.807, 2.05) is 11.9 Å². The van der Waals surface area contributed by atoms with Gasteiger partial charge in [0, 0.05) is 23.9 Å². The molecule has 1 fully saturated rings. The first kappa shape index (κ1) is 11.5. The fraction of sp³-hybridized carbons (Fsp3) is 0.462. The van der Waals surface area contributed by atoms with Gasteiger partial charge < -0.3 is 0 Å². The molecule has 0 aliphatic carbocycles. The molecule has 16 heavy (non-hydrogen) atoms. The Morgan fingerprint density at radius 2 is 1.88 bits per heavy atom. The number of benzene rings is 1. The highest BCUT2D eigenvalue weighted by Crippen LogP contribution is 2.28. The Morgan fingerprint density at radius 3 is 2.44 bits per heavy atom. The summed E-state index contributed by atoms with van der Waals surface area (Å²) in [5.41, 5.74) is 1.30. The van der Waals surface area contributed by atoms with Gasteiger partial charge in [0.25, 0.3) is 0 Å². The molecule has 1 aliphatic heterocycles. The fourth-order valence-corrected chi connectivity index (χ4v) is 2.77. The second kappa shape index (κ2) is 5.38. The van der Waals surface area contributed by atoms with E-state index < -0.39 is 0 Å². The van der Waals surface area contributed by atoms with E-state index in [-0.39, 0.29) is 5.92 Å². The Bertz CT molecular complexity index is 372. The molecule has 0 saturated carbocycles. The topological polar surface area (TPSA) is 27.0 Å². The molecule has 1 saturated heterocycles. The van der Waals surface area contributed by atoms with Crippen molar-refractivity contribution in [2.45, 2.75) is 24.7 Å². The zero-order valence-corrected chi connectivity index (χ0v) is 10.3. The maximum Gasteiger partial charge on any atom is 0.0656 e. The number of hydrogen-bond donors (Lipinski definition) is 0. The van der Waals surface area contributed by atoms with Gasteiger partial charge in [-0.05, 0) is 43.8 Å². The summed E-state index contributed by atoms with van der Waals surface area (Å²) < 4.78 is 2.36. The summed E-state index contributed by atoms with van der Waals surface area (Å²) >= 11 is 1.81. The minimum atomic E-state index is 0.273. The number of rotatable bonds is 2. The number of piperidine rings is 1. The van der Waals surface area contributed by atoms with Crippen molar-refractivity contribution in [2.75, 3.05) is 13.1 Å². The van der Waals surface area contributed by atoms with Crippen molar-refractivity contribution in [2.24, 2.45) is 5.92 Å². The molecular weight excluding hydrogens is 216 g/mol. The summed E-state index contributed by atoms with van der Waals surface area (Å²) in [6.45, 7) is 4.15. The van der Waals surface area contributed by atoms with Gasteiger partial charge in [0.05, 0.1) is 6.07 Å². The summed E-state index contributed by atoms with van der Waals surface area (Å²) in [6, 6.07) is 11.0. The molecule has 0 aromatic heterocycles. The van der Waals surface area contributed by atoms with Crippen molar-refractivity contribution >= 4 is 11.9 Å². The maximum absolute atomic E-state index is 8.82. The van der Waals surface area contributed by atoms with Gasteiger partial charge >= 0.3 is 0 Å². The average molecular weight is 232 g/mol. The maximum atomic E-state index is 8.82. The number of hydrogen-bond acceptors (Lipinski definition) is 3. The molecule has 0 atom stereocenters. The third-order valence-corrected chi connectivity index (χ3v) is 4.00. The molecule has 2 rings (SSSR count). The lowest BCUT2D eigenvalue weighted by Crippen LogP contribution is -2.27. The predicted octanol–water partition coefficient (Wildman–Crippen LogP) is 3.24. The van der Waals surface area contributed by atoms with Crippen LogP contribution < -0.4 is 0 Å². The molecule has 2 nitrogen and oxygen atoms in total. The first-order chi connectivity index (χ1) is 7.78. The largest absolute Gasteiger partial charge is 0.246 e. The van der Waals surface area contributed by atoms with Gasteiger partial charge in [0.2, 0.25) is 0 Å². The molecule has 0 unspecified atom stereocenters. The van der Waals surface area contributed by atoms with Gasteiger partial charge in [0.15, 0.2) is 0 Å². The van der Waals surface area contributed by atoms with Crippen LogP contribution in [0.25, 0.3) is 0 Å². The standard InChI is InChI=1S/C13H16N2S/c1-11-2-4-13(5-3-11)16-15-8-6-12(10-14)7-9-15/h2-5,12H,6-9H2,1H3. The highest BCUT2D eigenvalue weighted by molar-refractivity contribution is 7.97. The zero-order valence-electron chi connectivity index (χ0n) is 9.52. The van der Waals surface area contributed by atoms with E-state index in [9.17, 15) is 0 Å². The minimum absolute atomic E-state index is 0.273. The fourth-order valence-electron chi connectivity index (χ4n) is 1.82. The molecular formula is C13H16N2S. The lowest BCUT2D eigenvalue weighted by atomic mass is 10.0. The van der Waals surface area contributed by atoms with Crippen molar-refractivity contribution in [3.8, 4) is 6.07 Å². The van der Waals surface area contributed by atoms with E-state index in [1.54, 1.807) is 0 Å². The van der Waals surface area contributed by atoms with Gasteiger partial charge in [0.1, 0.15) is 0 Å². The lowest BCUT2D eigenvalue weighted by Gasteiger charge is -2.27. The lowest BCUT2D eigenvalue weighted by molar-refractivity contribution is 0.334. The molecule has 1 heterocycles. The monoisotopic (exact) mass is 232 g/mol.